The number of aliphatic hydroxyl groups excluding tert-OH is 1. The Hall–Kier alpha value is -0.200. The van der Waals surface area contributed by atoms with E-state index in [1.165, 1.54) is 0 Å². The van der Waals surface area contributed by atoms with Gasteiger partial charge in [-0.05, 0) is 13.5 Å². The second-order valence-electron chi connectivity index (χ2n) is 4.83. The van der Waals surface area contributed by atoms with Gasteiger partial charge in [-0.3, -0.25) is 4.90 Å². The fraction of sp³-hybridized carbons (Fsp3) is 1.00. The lowest BCUT2D eigenvalue weighted by atomic mass is 9.86. The second-order valence-corrected chi connectivity index (χ2v) is 4.83. The molecular formula is C12H26N2O3. The molecule has 0 aromatic carbocycles. The van der Waals surface area contributed by atoms with Gasteiger partial charge < -0.3 is 19.9 Å². The van der Waals surface area contributed by atoms with E-state index < -0.39 is 0 Å². The summed E-state index contributed by atoms with van der Waals surface area (Å²) in [5, 5.41) is 12.3. The van der Waals surface area contributed by atoms with Gasteiger partial charge >= 0.3 is 0 Å². The molecule has 0 saturated carbocycles. The van der Waals surface area contributed by atoms with Gasteiger partial charge in [0.1, 0.15) is 0 Å². The van der Waals surface area contributed by atoms with Gasteiger partial charge in [0, 0.05) is 45.3 Å². The molecule has 1 rings (SSSR count). The summed E-state index contributed by atoms with van der Waals surface area (Å²) < 4.78 is 10.6. The summed E-state index contributed by atoms with van der Waals surface area (Å²) in [5.74, 6) is 0. The number of rotatable bonds is 9. The maximum absolute atomic E-state index is 9.09. The van der Waals surface area contributed by atoms with Crippen LogP contribution in [-0.2, 0) is 9.47 Å². The molecule has 0 aliphatic carbocycles. The number of methoxy groups -OCH3 is 1. The van der Waals surface area contributed by atoms with E-state index >= 15 is 0 Å². The molecule has 0 aromatic rings. The van der Waals surface area contributed by atoms with Crippen LogP contribution in [0.25, 0.3) is 0 Å². The Morgan fingerprint density at radius 3 is 2.82 bits per heavy atom. The summed E-state index contributed by atoms with van der Waals surface area (Å²) in [6.07, 6.45) is 1.09. The van der Waals surface area contributed by atoms with Crippen LogP contribution in [0.5, 0.6) is 0 Å². The highest BCUT2D eigenvalue weighted by molar-refractivity contribution is 4.88. The van der Waals surface area contributed by atoms with E-state index in [9.17, 15) is 0 Å². The predicted molar refractivity (Wildman–Crippen MR) is 67.2 cm³/mol. The molecule has 1 atom stereocenters. The standard InChI is InChI=1S/C12H26N2O3/c1-13-9-12(3-7-17-11-12)10-14(4-6-15)5-8-16-2/h13,15H,3-11H2,1-2H3. The van der Waals surface area contributed by atoms with Crippen molar-refractivity contribution in [2.24, 2.45) is 5.41 Å². The lowest BCUT2D eigenvalue weighted by Crippen LogP contribution is -2.45. The van der Waals surface area contributed by atoms with E-state index in [0.717, 1.165) is 39.3 Å². The number of aliphatic hydroxyl groups is 1. The smallest absolute Gasteiger partial charge is 0.0589 e. The van der Waals surface area contributed by atoms with Crippen LogP contribution in [0.1, 0.15) is 6.42 Å². The summed E-state index contributed by atoms with van der Waals surface area (Å²) in [5.41, 5.74) is 0.192. The fourth-order valence-electron chi connectivity index (χ4n) is 2.45. The highest BCUT2D eigenvalue weighted by atomic mass is 16.5. The molecule has 0 spiro atoms. The SMILES string of the molecule is CNCC1(CN(CCO)CCOC)CCOC1. The van der Waals surface area contributed by atoms with Crippen LogP contribution in [0.4, 0.5) is 0 Å². The van der Waals surface area contributed by atoms with Crippen molar-refractivity contribution in [3.05, 3.63) is 0 Å². The number of hydrogen-bond acceptors (Lipinski definition) is 5. The minimum absolute atomic E-state index is 0.192. The number of hydrogen-bond donors (Lipinski definition) is 2. The monoisotopic (exact) mass is 246 g/mol. The number of ether oxygens (including phenoxy) is 2. The van der Waals surface area contributed by atoms with Gasteiger partial charge in [-0.2, -0.15) is 0 Å². The maximum Gasteiger partial charge on any atom is 0.0589 e. The molecule has 17 heavy (non-hydrogen) atoms. The lowest BCUT2D eigenvalue weighted by molar-refractivity contribution is 0.0772. The first-order chi connectivity index (χ1) is 8.26. The number of nitrogens with one attached hydrogen (secondary N) is 1. The molecule has 1 aliphatic rings. The van der Waals surface area contributed by atoms with Crippen LogP contribution >= 0.6 is 0 Å². The van der Waals surface area contributed by atoms with Crippen molar-refractivity contribution in [1.29, 1.82) is 0 Å². The average molecular weight is 246 g/mol. The summed E-state index contributed by atoms with van der Waals surface area (Å²) in [4.78, 5) is 2.26. The summed E-state index contributed by atoms with van der Waals surface area (Å²) in [6, 6.07) is 0. The Kier molecular flexibility index (Phi) is 6.99. The molecule has 102 valence electrons. The third kappa shape index (κ3) is 4.89. The van der Waals surface area contributed by atoms with E-state index in [0.29, 0.717) is 13.2 Å². The van der Waals surface area contributed by atoms with Gasteiger partial charge in [0.2, 0.25) is 0 Å². The normalized spacial score (nSPS) is 24.7. The van der Waals surface area contributed by atoms with Gasteiger partial charge in [-0.1, -0.05) is 0 Å². The van der Waals surface area contributed by atoms with Crippen LogP contribution in [0.3, 0.4) is 0 Å². The van der Waals surface area contributed by atoms with Gasteiger partial charge in [0.05, 0.1) is 19.8 Å². The van der Waals surface area contributed by atoms with Crippen LogP contribution in [-0.4, -0.2) is 76.8 Å². The average Bonchev–Trinajstić information content (AvgIpc) is 2.75. The van der Waals surface area contributed by atoms with Gasteiger partial charge in [-0.25, -0.2) is 0 Å². The topological polar surface area (TPSA) is 54.0 Å². The van der Waals surface area contributed by atoms with E-state index in [-0.39, 0.29) is 12.0 Å². The Labute approximate surface area is 104 Å². The summed E-state index contributed by atoms with van der Waals surface area (Å²) >= 11 is 0. The zero-order valence-electron chi connectivity index (χ0n) is 11.1. The predicted octanol–water partition coefficient (Wildman–Crippen LogP) is -0.447. The van der Waals surface area contributed by atoms with E-state index in [1.807, 2.05) is 7.05 Å². The van der Waals surface area contributed by atoms with Crippen LogP contribution in [0.2, 0.25) is 0 Å². The third-order valence-electron chi connectivity index (χ3n) is 3.32. The molecule has 0 amide bonds. The van der Waals surface area contributed by atoms with Crippen molar-refractivity contribution in [2.45, 2.75) is 6.42 Å². The Bertz CT molecular complexity index is 196. The van der Waals surface area contributed by atoms with Crippen molar-refractivity contribution < 1.29 is 14.6 Å². The molecule has 0 aromatic heterocycles. The molecule has 1 heterocycles. The van der Waals surface area contributed by atoms with Crippen LogP contribution in [0, 0.1) is 5.41 Å². The maximum atomic E-state index is 9.09. The molecule has 2 N–H and O–H groups in total. The molecule has 1 fully saturated rings. The van der Waals surface area contributed by atoms with Crippen molar-refractivity contribution in [1.82, 2.24) is 10.2 Å². The zero-order valence-corrected chi connectivity index (χ0v) is 11.1. The first-order valence-corrected chi connectivity index (χ1v) is 6.31. The van der Waals surface area contributed by atoms with E-state index in [1.54, 1.807) is 7.11 Å². The molecule has 1 unspecified atom stereocenters. The molecule has 5 nitrogen and oxygen atoms in total. The molecule has 0 radical (unpaired) electrons. The van der Waals surface area contributed by atoms with Crippen molar-refractivity contribution in [3.8, 4) is 0 Å². The van der Waals surface area contributed by atoms with Crippen LogP contribution in [0.15, 0.2) is 0 Å². The fourth-order valence-corrected chi connectivity index (χ4v) is 2.45. The number of nitrogens with zero attached hydrogens (tertiary/aromatic N) is 1. The van der Waals surface area contributed by atoms with E-state index in [4.69, 9.17) is 14.6 Å². The minimum Gasteiger partial charge on any atom is -0.395 e. The third-order valence-corrected chi connectivity index (χ3v) is 3.32. The first kappa shape index (κ1) is 14.9. The first-order valence-electron chi connectivity index (χ1n) is 6.31. The molecule has 0 bridgehead atoms. The zero-order chi connectivity index (χ0) is 12.6. The quantitative estimate of drug-likeness (QED) is 0.577. The molecule has 1 aliphatic heterocycles. The minimum atomic E-state index is 0.192. The van der Waals surface area contributed by atoms with Gasteiger partial charge in [-0.15, -0.1) is 0 Å². The van der Waals surface area contributed by atoms with Gasteiger partial charge in [0.15, 0.2) is 0 Å². The lowest BCUT2D eigenvalue weighted by Gasteiger charge is -2.33. The largest absolute Gasteiger partial charge is 0.395 e. The summed E-state index contributed by atoms with van der Waals surface area (Å²) in [6.45, 7) is 6.04. The summed E-state index contributed by atoms with van der Waals surface area (Å²) in [7, 11) is 3.69. The highest BCUT2D eigenvalue weighted by Gasteiger charge is 2.35. The van der Waals surface area contributed by atoms with Crippen molar-refractivity contribution >= 4 is 0 Å². The van der Waals surface area contributed by atoms with Crippen LogP contribution < -0.4 is 5.32 Å². The van der Waals surface area contributed by atoms with E-state index in [2.05, 4.69) is 10.2 Å². The highest BCUT2D eigenvalue weighted by Crippen LogP contribution is 2.28. The Balaban J connectivity index is 2.48. The molecular weight excluding hydrogens is 220 g/mol. The van der Waals surface area contributed by atoms with Crippen molar-refractivity contribution in [2.75, 3.05) is 66.8 Å². The van der Waals surface area contributed by atoms with Crippen molar-refractivity contribution in [3.63, 3.8) is 0 Å². The Morgan fingerprint density at radius 1 is 1.47 bits per heavy atom. The Morgan fingerprint density at radius 2 is 2.29 bits per heavy atom. The van der Waals surface area contributed by atoms with Gasteiger partial charge in [0.25, 0.3) is 0 Å². The molecule has 5 heteroatoms. The second kappa shape index (κ2) is 8.00. The molecule has 1 saturated heterocycles.